The number of ether oxygens (including phenoxy) is 1. The molecule has 2 aromatic carbocycles. The highest BCUT2D eigenvalue weighted by molar-refractivity contribution is 7.89. The SMILES string of the molecule is COc1ccc(C(=O)Nc2ccc(N3CCCCCC3)cc2)cc1S(=O)(=O)NC1CC1. The molecule has 4 rings (SSSR count). The van der Waals surface area contributed by atoms with Crippen molar-refractivity contribution in [3.63, 3.8) is 0 Å². The molecule has 0 bridgehead atoms. The van der Waals surface area contributed by atoms with Crippen LogP contribution in [-0.2, 0) is 10.0 Å². The lowest BCUT2D eigenvalue weighted by Crippen LogP contribution is -2.26. The number of nitrogens with zero attached hydrogens (tertiary/aromatic N) is 1. The van der Waals surface area contributed by atoms with Gasteiger partial charge in [0.1, 0.15) is 10.6 Å². The number of carbonyl (C=O) groups excluding carboxylic acids is 1. The molecule has 0 spiro atoms. The van der Waals surface area contributed by atoms with Gasteiger partial charge >= 0.3 is 0 Å². The molecule has 1 saturated heterocycles. The second-order valence-electron chi connectivity index (χ2n) is 8.16. The van der Waals surface area contributed by atoms with Crippen molar-refractivity contribution in [1.82, 2.24) is 4.72 Å². The first kappa shape index (κ1) is 21.6. The Morgan fingerprint density at radius 2 is 1.68 bits per heavy atom. The Kier molecular flexibility index (Phi) is 6.48. The fourth-order valence-corrected chi connectivity index (χ4v) is 5.30. The van der Waals surface area contributed by atoms with Crippen molar-refractivity contribution in [2.45, 2.75) is 49.5 Å². The first-order valence-corrected chi connectivity index (χ1v) is 12.3. The number of hydrogen-bond donors (Lipinski definition) is 2. The van der Waals surface area contributed by atoms with Crippen LogP contribution in [0.5, 0.6) is 5.75 Å². The van der Waals surface area contributed by atoms with Crippen molar-refractivity contribution in [1.29, 1.82) is 0 Å². The van der Waals surface area contributed by atoms with Gasteiger partial charge in [0, 0.05) is 36.1 Å². The van der Waals surface area contributed by atoms with Crippen molar-refractivity contribution in [3.05, 3.63) is 48.0 Å². The number of amides is 1. The third-order valence-corrected chi connectivity index (χ3v) is 7.25. The summed E-state index contributed by atoms with van der Waals surface area (Å²) in [6.07, 6.45) is 6.62. The molecule has 7 nitrogen and oxygen atoms in total. The van der Waals surface area contributed by atoms with Crippen molar-refractivity contribution in [3.8, 4) is 5.75 Å². The van der Waals surface area contributed by atoms with Crippen LogP contribution < -0.4 is 19.7 Å². The van der Waals surface area contributed by atoms with Gasteiger partial charge in [0.05, 0.1) is 7.11 Å². The smallest absolute Gasteiger partial charge is 0.255 e. The summed E-state index contributed by atoms with van der Waals surface area (Å²) in [5, 5.41) is 2.86. The average molecular weight is 444 g/mol. The Morgan fingerprint density at radius 1 is 1.00 bits per heavy atom. The fourth-order valence-electron chi connectivity index (χ4n) is 3.80. The van der Waals surface area contributed by atoms with E-state index in [2.05, 4.69) is 14.9 Å². The van der Waals surface area contributed by atoms with E-state index in [1.807, 2.05) is 24.3 Å². The molecule has 2 aromatic rings. The third kappa shape index (κ3) is 5.37. The number of sulfonamides is 1. The Labute approximate surface area is 183 Å². The first-order chi connectivity index (χ1) is 15.0. The molecular weight excluding hydrogens is 414 g/mol. The molecule has 2 fully saturated rings. The molecule has 1 saturated carbocycles. The molecule has 0 atom stereocenters. The Balaban J connectivity index is 1.48. The largest absolute Gasteiger partial charge is 0.495 e. The fraction of sp³-hybridized carbons (Fsp3) is 0.435. The summed E-state index contributed by atoms with van der Waals surface area (Å²) in [6, 6.07) is 12.2. The van der Waals surface area contributed by atoms with Gasteiger partial charge in [0.15, 0.2) is 0 Å². The number of rotatable bonds is 7. The minimum Gasteiger partial charge on any atom is -0.495 e. The summed E-state index contributed by atoms with van der Waals surface area (Å²) < 4.78 is 33.2. The number of methoxy groups -OCH3 is 1. The van der Waals surface area contributed by atoms with Crippen LogP contribution in [0.25, 0.3) is 0 Å². The van der Waals surface area contributed by atoms with E-state index >= 15 is 0 Å². The van der Waals surface area contributed by atoms with Gasteiger partial charge in [-0.05, 0) is 68.1 Å². The highest BCUT2D eigenvalue weighted by Gasteiger charge is 2.30. The minimum absolute atomic E-state index is 0.0222. The lowest BCUT2D eigenvalue weighted by Gasteiger charge is -2.22. The Bertz CT molecular complexity index is 1030. The van der Waals surface area contributed by atoms with Crippen LogP contribution in [0.4, 0.5) is 11.4 Å². The summed E-state index contributed by atoms with van der Waals surface area (Å²) in [6.45, 7) is 2.12. The lowest BCUT2D eigenvalue weighted by atomic mass is 10.2. The Hall–Kier alpha value is -2.58. The van der Waals surface area contributed by atoms with E-state index in [9.17, 15) is 13.2 Å². The van der Waals surface area contributed by atoms with Crippen LogP contribution in [-0.4, -0.2) is 40.6 Å². The monoisotopic (exact) mass is 443 g/mol. The molecule has 0 aromatic heterocycles. The van der Waals surface area contributed by atoms with Crippen LogP contribution in [0, 0.1) is 0 Å². The number of nitrogens with one attached hydrogen (secondary N) is 2. The first-order valence-electron chi connectivity index (χ1n) is 10.8. The maximum absolute atomic E-state index is 12.8. The van der Waals surface area contributed by atoms with Gasteiger partial charge in [-0.3, -0.25) is 4.79 Å². The summed E-state index contributed by atoms with van der Waals surface area (Å²) >= 11 is 0. The summed E-state index contributed by atoms with van der Waals surface area (Å²) in [4.78, 5) is 15.1. The predicted octanol–water partition coefficient (Wildman–Crippen LogP) is 3.77. The predicted molar refractivity (Wildman–Crippen MR) is 121 cm³/mol. The zero-order chi connectivity index (χ0) is 21.8. The average Bonchev–Trinajstić information content (AvgIpc) is 3.60. The number of benzene rings is 2. The van der Waals surface area contributed by atoms with E-state index in [4.69, 9.17) is 4.74 Å². The van der Waals surface area contributed by atoms with Crippen LogP contribution in [0.3, 0.4) is 0 Å². The molecule has 1 aliphatic heterocycles. The summed E-state index contributed by atoms with van der Waals surface area (Å²) in [7, 11) is -2.34. The molecule has 2 N–H and O–H groups in total. The van der Waals surface area contributed by atoms with Gasteiger partial charge < -0.3 is 15.0 Å². The highest BCUT2D eigenvalue weighted by atomic mass is 32.2. The van der Waals surface area contributed by atoms with Crippen molar-refractivity contribution < 1.29 is 17.9 Å². The van der Waals surface area contributed by atoms with E-state index in [1.54, 1.807) is 6.07 Å². The van der Waals surface area contributed by atoms with Crippen molar-refractivity contribution >= 4 is 27.3 Å². The quantitative estimate of drug-likeness (QED) is 0.680. The number of carbonyl (C=O) groups is 1. The van der Waals surface area contributed by atoms with E-state index in [0.717, 1.165) is 31.6 Å². The Morgan fingerprint density at radius 3 is 2.29 bits per heavy atom. The van der Waals surface area contributed by atoms with Gasteiger partial charge in [-0.2, -0.15) is 0 Å². The van der Waals surface area contributed by atoms with Gasteiger partial charge in [-0.1, -0.05) is 12.8 Å². The number of hydrogen-bond acceptors (Lipinski definition) is 5. The third-order valence-electron chi connectivity index (χ3n) is 5.71. The molecule has 166 valence electrons. The van der Waals surface area contributed by atoms with E-state index < -0.39 is 10.0 Å². The minimum atomic E-state index is -3.75. The summed E-state index contributed by atoms with van der Waals surface area (Å²) in [5.74, 6) is -0.153. The molecule has 0 unspecified atom stereocenters. The van der Waals surface area contributed by atoms with Crippen LogP contribution in [0.2, 0.25) is 0 Å². The molecular formula is C23H29N3O4S. The number of anilines is 2. The normalized spacial score (nSPS) is 17.1. The van der Waals surface area contributed by atoms with Crippen molar-refractivity contribution in [2.24, 2.45) is 0 Å². The maximum Gasteiger partial charge on any atom is 0.255 e. The lowest BCUT2D eigenvalue weighted by molar-refractivity contribution is 0.102. The van der Waals surface area contributed by atoms with Gasteiger partial charge in [-0.15, -0.1) is 0 Å². The zero-order valence-corrected chi connectivity index (χ0v) is 18.6. The molecule has 1 aliphatic carbocycles. The molecule has 31 heavy (non-hydrogen) atoms. The van der Waals surface area contributed by atoms with Gasteiger partial charge in [0.2, 0.25) is 10.0 Å². The molecule has 1 heterocycles. The van der Waals surface area contributed by atoms with Crippen LogP contribution in [0.1, 0.15) is 48.9 Å². The van der Waals surface area contributed by atoms with Crippen LogP contribution >= 0.6 is 0 Å². The van der Waals surface area contributed by atoms with Crippen LogP contribution in [0.15, 0.2) is 47.4 Å². The second-order valence-corrected chi connectivity index (χ2v) is 9.85. The summed E-state index contributed by atoms with van der Waals surface area (Å²) in [5.41, 5.74) is 2.08. The van der Waals surface area contributed by atoms with Gasteiger partial charge in [-0.25, -0.2) is 13.1 Å². The van der Waals surface area contributed by atoms with E-state index in [0.29, 0.717) is 5.69 Å². The highest BCUT2D eigenvalue weighted by Crippen LogP contribution is 2.29. The molecule has 2 aliphatic rings. The van der Waals surface area contributed by atoms with Crippen molar-refractivity contribution in [2.75, 3.05) is 30.4 Å². The topological polar surface area (TPSA) is 87.7 Å². The van der Waals surface area contributed by atoms with E-state index in [1.165, 1.54) is 44.9 Å². The van der Waals surface area contributed by atoms with E-state index in [-0.39, 0.29) is 28.2 Å². The molecule has 1 amide bonds. The molecule has 0 radical (unpaired) electrons. The standard InChI is InChI=1S/C23H29N3O4S/c1-30-21-13-6-17(16-22(21)31(28,29)25-19-7-8-19)23(27)24-18-9-11-20(12-10-18)26-14-4-2-3-5-15-26/h6,9-13,16,19,25H,2-5,7-8,14-15H2,1H3,(H,24,27). The second kappa shape index (κ2) is 9.28. The molecule has 8 heteroatoms. The zero-order valence-electron chi connectivity index (χ0n) is 17.8. The maximum atomic E-state index is 12.8. The van der Waals surface area contributed by atoms with Gasteiger partial charge in [0.25, 0.3) is 5.91 Å².